The van der Waals surface area contributed by atoms with Crippen molar-refractivity contribution in [1.82, 2.24) is 0 Å². The first-order valence-electron chi connectivity index (χ1n) is 5.12. The summed E-state index contributed by atoms with van der Waals surface area (Å²) in [5, 5.41) is 0. The van der Waals surface area contributed by atoms with Crippen LogP contribution in [0.1, 0.15) is 24.0 Å². The van der Waals surface area contributed by atoms with E-state index in [-0.39, 0.29) is 0 Å². The molecule has 0 aliphatic carbocycles. The van der Waals surface area contributed by atoms with Crippen LogP contribution in [0.15, 0.2) is 34.8 Å². The van der Waals surface area contributed by atoms with Crippen LogP contribution in [0, 0.1) is 6.92 Å². The Balaban J connectivity index is 2.19. The van der Waals surface area contributed by atoms with E-state index < -0.39 is 0 Å². The second-order valence-corrected chi connectivity index (χ2v) is 3.77. The predicted molar refractivity (Wildman–Crippen MR) is 61.7 cm³/mol. The molecule has 0 saturated carbocycles. The molecular weight excluding hydrogens is 170 g/mol. The molecule has 1 aromatic rings. The molecule has 0 aromatic heterocycles. The van der Waals surface area contributed by atoms with Gasteiger partial charge in [0.2, 0.25) is 0 Å². The standard InChI is InChI=1S/C13H15N/c1-11-4-6-12(7-5-11)9-13-3-2-8-14-10-13/h4-7,9-10H,2-3,8H2,1H3. The van der Waals surface area contributed by atoms with Gasteiger partial charge in [0.1, 0.15) is 0 Å². The summed E-state index contributed by atoms with van der Waals surface area (Å²) in [4.78, 5) is 4.28. The van der Waals surface area contributed by atoms with Gasteiger partial charge in [0, 0.05) is 12.8 Å². The van der Waals surface area contributed by atoms with Gasteiger partial charge in [0.25, 0.3) is 0 Å². The van der Waals surface area contributed by atoms with Gasteiger partial charge in [-0.25, -0.2) is 0 Å². The number of allylic oxidation sites excluding steroid dienone is 1. The second-order valence-electron chi connectivity index (χ2n) is 3.77. The molecule has 0 radical (unpaired) electrons. The largest absolute Gasteiger partial charge is 0.293 e. The van der Waals surface area contributed by atoms with Gasteiger partial charge in [-0.2, -0.15) is 0 Å². The number of benzene rings is 1. The Labute approximate surface area is 85.2 Å². The maximum Gasteiger partial charge on any atom is 0.0392 e. The van der Waals surface area contributed by atoms with Crippen LogP contribution in [0.4, 0.5) is 0 Å². The molecule has 1 aliphatic rings. The van der Waals surface area contributed by atoms with Crippen LogP contribution in [0.2, 0.25) is 0 Å². The minimum absolute atomic E-state index is 0.991. The minimum atomic E-state index is 0.991. The summed E-state index contributed by atoms with van der Waals surface area (Å²) in [7, 11) is 0. The molecule has 1 aliphatic heterocycles. The van der Waals surface area contributed by atoms with E-state index in [1.165, 1.54) is 23.1 Å². The molecule has 1 nitrogen and oxygen atoms in total. The zero-order valence-corrected chi connectivity index (χ0v) is 8.53. The fourth-order valence-electron chi connectivity index (χ4n) is 1.61. The van der Waals surface area contributed by atoms with E-state index in [0.717, 1.165) is 13.0 Å². The Morgan fingerprint density at radius 3 is 2.64 bits per heavy atom. The van der Waals surface area contributed by atoms with Gasteiger partial charge in [0.15, 0.2) is 0 Å². The summed E-state index contributed by atoms with van der Waals surface area (Å²) in [6.07, 6.45) is 6.58. The number of rotatable bonds is 1. The van der Waals surface area contributed by atoms with Crippen molar-refractivity contribution < 1.29 is 0 Å². The van der Waals surface area contributed by atoms with Gasteiger partial charge in [-0.1, -0.05) is 35.9 Å². The van der Waals surface area contributed by atoms with Crippen molar-refractivity contribution in [2.24, 2.45) is 4.99 Å². The van der Waals surface area contributed by atoms with Crippen molar-refractivity contribution in [3.05, 3.63) is 41.0 Å². The SMILES string of the molecule is Cc1ccc(C=C2C=NCCC2)cc1. The van der Waals surface area contributed by atoms with Crippen molar-refractivity contribution in [2.75, 3.05) is 6.54 Å². The molecule has 2 rings (SSSR count). The number of aryl methyl sites for hydroxylation is 1. The normalized spacial score (nSPS) is 18.8. The molecule has 14 heavy (non-hydrogen) atoms. The van der Waals surface area contributed by atoms with Gasteiger partial charge in [-0.05, 0) is 30.9 Å². The van der Waals surface area contributed by atoms with Gasteiger partial charge >= 0.3 is 0 Å². The van der Waals surface area contributed by atoms with Gasteiger partial charge in [-0.15, -0.1) is 0 Å². The summed E-state index contributed by atoms with van der Waals surface area (Å²) in [5.41, 5.74) is 3.93. The monoisotopic (exact) mass is 185 g/mol. The van der Waals surface area contributed by atoms with E-state index in [2.05, 4.69) is 42.3 Å². The molecule has 1 heteroatoms. The van der Waals surface area contributed by atoms with Crippen LogP contribution < -0.4 is 0 Å². The summed E-state index contributed by atoms with van der Waals surface area (Å²) in [5.74, 6) is 0. The van der Waals surface area contributed by atoms with Gasteiger partial charge in [-0.3, -0.25) is 4.99 Å². The molecule has 1 aromatic carbocycles. The van der Waals surface area contributed by atoms with Crippen LogP contribution in [0.3, 0.4) is 0 Å². The highest BCUT2D eigenvalue weighted by Crippen LogP contribution is 2.13. The average Bonchev–Trinajstić information content (AvgIpc) is 2.23. The maximum absolute atomic E-state index is 4.28. The smallest absolute Gasteiger partial charge is 0.0392 e. The summed E-state index contributed by atoms with van der Waals surface area (Å²) in [6, 6.07) is 8.61. The van der Waals surface area contributed by atoms with Crippen molar-refractivity contribution >= 4 is 12.3 Å². The second kappa shape index (κ2) is 4.23. The molecule has 0 fully saturated rings. The number of aliphatic imine (C=N–C) groups is 1. The van der Waals surface area contributed by atoms with Crippen LogP contribution in [0.25, 0.3) is 6.08 Å². The van der Waals surface area contributed by atoms with Crippen molar-refractivity contribution in [2.45, 2.75) is 19.8 Å². The fourth-order valence-corrected chi connectivity index (χ4v) is 1.61. The zero-order chi connectivity index (χ0) is 9.80. The molecule has 1 heterocycles. The lowest BCUT2D eigenvalue weighted by atomic mass is 10.0. The van der Waals surface area contributed by atoms with E-state index in [9.17, 15) is 0 Å². The Morgan fingerprint density at radius 2 is 2.00 bits per heavy atom. The first-order chi connectivity index (χ1) is 6.84. The minimum Gasteiger partial charge on any atom is -0.293 e. The number of hydrogen-bond acceptors (Lipinski definition) is 1. The van der Waals surface area contributed by atoms with E-state index in [1.807, 2.05) is 6.21 Å². The third-order valence-electron chi connectivity index (χ3n) is 2.44. The Hall–Kier alpha value is -1.37. The Morgan fingerprint density at radius 1 is 1.21 bits per heavy atom. The molecule has 0 bridgehead atoms. The van der Waals surface area contributed by atoms with E-state index in [4.69, 9.17) is 0 Å². The summed E-state index contributed by atoms with van der Waals surface area (Å²) in [6.45, 7) is 3.10. The number of hydrogen-bond donors (Lipinski definition) is 0. The lowest BCUT2D eigenvalue weighted by Gasteiger charge is -2.06. The summed E-state index contributed by atoms with van der Waals surface area (Å²) >= 11 is 0. The predicted octanol–water partition coefficient (Wildman–Crippen LogP) is 3.24. The highest BCUT2D eigenvalue weighted by atomic mass is 14.7. The Bertz CT molecular complexity index is 357. The number of nitrogens with zero attached hydrogens (tertiary/aromatic N) is 1. The van der Waals surface area contributed by atoms with Crippen molar-refractivity contribution in [3.63, 3.8) is 0 Å². The fraction of sp³-hybridized carbons (Fsp3) is 0.308. The quantitative estimate of drug-likeness (QED) is 0.637. The van der Waals surface area contributed by atoms with E-state index in [1.54, 1.807) is 0 Å². The summed E-state index contributed by atoms with van der Waals surface area (Å²) < 4.78 is 0. The van der Waals surface area contributed by atoms with Gasteiger partial charge in [0.05, 0.1) is 0 Å². The van der Waals surface area contributed by atoms with Crippen molar-refractivity contribution in [3.8, 4) is 0 Å². The molecule has 72 valence electrons. The molecule has 0 amide bonds. The van der Waals surface area contributed by atoms with E-state index >= 15 is 0 Å². The van der Waals surface area contributed by atoms with Crippen molar-refractivity contribution in [1.29, 1.82) is 0 Å². The zero-order valence-electron chi connectivity index (χ0n) is 8.53. The average molecular weight is 185 g/mol. The van der Waals surface area contributed by atoms with Crippen LogP contribution in [-0.2, 0) is 0 Å². The Kier molecular flexibility index (Phi) is 2.78. The molecule has 0 unspecified atom stereocenters. The maximum atomic E-state index is 4.28. The first-order valence-corrected chi connectivity index (χ1v) is 5.12. The molecule has 0 saturated heterocycles. The highest BCUT2D eigenvalue weighted by Gasteiger charge is 1.99. The topological polar surface area (TPSA) is 12.4 Å². The molecular formula is C13H15N. The van der Waals surface area contributed by atoms with Crippen LogP contribution in [0.5, 0.6) is 0 Å². The highest BCUT2D eigenvalue weighted by molar-refractivity contribution is 5.86. The molecule has 0 atom stereocenters. The molecule has 0 spiro atoms. The third-order valence-corrected chi connectivity index (χ3v) is 2.44. The molecule has 0 N–H and O–H groups in total. The first kappa shape index (κ1) is 9.20. The van der Waals surface area contributed by atoms with E-state index in [0.29, 0.717) is 0 Å². The lowest BCUT2D eigenvalue weighted by Crippen LogP contribution is -1.96. The van der Waals surface area contributed by atoms with Crippen LogP contribution in [-0.4, -0.2) is 12.8 Å². The van der Waals surface area contributed by atoms with Gasteiger partial charge < -0.3 is 0 Å². The van der Waals surface area contributed by atoms with Crippen LogP contribution >= 0.6 is 0 Å². The third kappa shape index (κ3) is 2.32. The lowest BCUT2D eigenvalue weighted by molar-refractivity contribution is 0.826.